The molecular weight excluding hydrogens is 441 g/mol. The molecule has 33 heavy (non-hydrogen) atoms. The molecule has 0 bridgehead atoms. The van der Waals surface area contributed by atoms with Crippen LogP contribution >= 0.6 is 0 Å². The third-order valence-corrected chi connectivity index (χ3v) is 5.73. The minimum absolute atomic E-state index is 0.139. The fourth-order valence-electron chi connectivity index (χ4n) is 3.74. The molecule has 1 unspecified atom stereocenters. The third kappa shape index (κ3) is 4.64. The first-order valence-electron chi connectivity index (χ1n) is 10.2. The van der Waals surface area contributed by atoms with E-state index in [2.05, 4.69) is 0 Å². The highest BCUT2D eigenvalue weighted by atomic mass is 19.4. The van der Waals surface area contributed by atoms with Crippen LogP contribution in [-0.4, -0.2) is 47.4 Å². The van der Waals surface area contributed by atoms with Crippen LogP contribution in [-0.2, 0) is 14.3 Å². The minimum atomic E-state index is -5.21. The van der Waals surface area contributed by atoms with E-state index in [1.54, 1.807) is 5.32 Å². The Balaban J connectivity index is 1.75. The van der Waals surface area contributed by atoms with Gasteiger partial charge in [0.25, 0.3) is 5.91 Å². The summed E-state index contributed by atoms with van der Waals surface area (Å²) in [7, 11) is 0. The van der Waals surface area contributed by atoms with E-state index >= 15 is 0 Å². The van der Waals surface area contributed by atoms with E-state index in [1.165, 1.54) is 6.92 Å². The molecule has 3 rings (SSSR count). The highest BCUT2D eigenvalue weighted by molar-refractivity contribution is 5.93. The van der Waals surface area contributed by atoms with Crippen molar-refractivity contribution in [1.29, 1.82) is 0 Å². The predicted octanol–water partition coefficient (Wildman–Crippen LogP) is 3.83. The summed E-state index contributed by atoms with van der Waals surface area (Å²) in [4.78, 5) is 35.8. The molecule has 2 atom stereocenters. The number of carbonyl (C=O) groups excluding carboxylic acids is 2. The number of rotatable bonds is 7. The van der Waals surface area contributed by atoms with Gasteiger partial charge in [-0.2, -0.15) is 13.2 Å². The minimum Gasteiger partial charge on any atom is -0.480 e. The molecule has 1 aliphatic rings. The summed E-state index contributed by atoms with van der Waals surface area (Å²) in [5.41, 5.74) is 0.241. The van der Waals surface area contributed by atoms with Crippen molar-refractivity contribution >= 4 is 18.0 Å². The first-order valence-corrected chi connectivity index (χ1v) is 10.2. The Kier molecular flexibility index (Phi) is 6.66. The zero-order valence-electron chi connectivity index (χ0n) is 17.9. The van der Waals surface area contributed by atoms with Gasteiger partial charge in [0.05, 0.1) is 0 Å². The molecule has 0 heterocycles. The second kappa shape index (κ2) is 9.13. The predicted molar refractivity (Wildman–Crippen MR) is 113 cm³/mol. The highest BCUT2D eigenvalue weighted by Crippen LogP contribution is 2.44. The highest BCUT2D eigenvalue weighted by Gasteiger charge is 2.58. The number of ether oxygens (including phenoxy) is 1. The number of nitrogens with one attached hydrogen (secondary N) is 2. The Labute approximate surface area is 187 Å². The fraction of sp³-hybridized carbons (Fsp3) is 0.348. The molecule has 1 aliphatic carbocycles. The summed E-state index contributed by atoms with van der Waals surface area (Å²) in [6.45, 7) is 1.60. The number of alkyl halides is 3. The zero-order valence-corrected chi connectivity index (χ0v) is 17.9. The van der Waals surface area contributed by atoms with E-state index in [0.717, 1.165) is 22.3 Å². The lowest BCUT2D eigenvalue weighted by Gasteiger charge is -2.32. The monoisotopic (exact) mass is 464 g/mol. The molecule has 2 amide bonds. The molecule has 0 fully saturated rings. The molecular formula is C23H23F3N2O5. The van der Waals surface area contributed by atoms with E-state index in [4.69, 9.17) is 9.84 Å². The summed E-state index contributed by atoms with van der Waals surface area (Å²) in [6, 6.07) is 13.3. The zero-order chi connectivity index (χ0) is 24.4. The van der Waals surface area contributed by atoms with Crippen LogP contribution in [0.5, 0.6) is 0 Å². The average molecular weight is 464 g/mol. The van der Waals surface area contributed by atoms with E-state index in [1.807, 2.05) is 53.8 Å². The van der Waals surface area contributed by atoms with Crippen molar-refractivity contribution in [1.82, 2.24) is 10.6 Å². The number of hydrogen-bond acceptors (Lipinski definition) is 4. The summed E-state index contributed by atoms with van der Waals surface area (Å²) < 4.78 is 46.3. The molecule has 0 aromatic heterocycles. The summed E-state index contributed by atoms with van der Waals surface area (Å²) in [5, 5.41) is 12.4. The van der Waals surface area contributed by atoms with Gasteiger partial charge in [-0.25, -0.2) is 9.59 Å². The second-order valence-corrected chi connectivity index (χ2v) is 7.85. The van der Waals surface area contributed by atoms with Crippen LogP contribution < -0.4 is 10.6 Å². The first kappa shape index (κ1) is 24.1. The number of carboxylic acids is 1. The van der Waals surface area contributed by atoms with Crippen LogP contribution in [0, 0.1) is 0 Å². The van der Waals surface area contributed by atoms with Crippen LogP contribution in [0.2, 0.25) is 0 Å². The lowest BCUT2D eigenvalue weighted by atomic mass is 9.98. The van der Waals surface area contributed by atoms with Gasteiger partial charge in [-0.05, 0) is 35.6 Å². The van der Waals surface area contributed by atoms with Crippen molar-refractivity contribution < 1.29 is 37.4 Å². The fourth-order valence-corrected chi connectivity index (χ4v) is 3.74. The molecule has 0 saturated heterocycles. The maximum atomic E-state index is 13.7. The molecule has 2 aromatic rings. The van der Waals surface area contributed by atoms with Crippen molar-refractivity contribution in [3.8, 4) is 11.1 Å². The number of hydrogen-bond donors (Lipinski definition) is 3. The van der Waals surface area contributed by atoms with Gasteiger partial charge in [0.15, 0.2) is 0 Å². The maximum Gasteiger partial charge on any atom is 0.420 e. The summed E-state index contributed by atoms with van der Waals surface area (Å²) in [5.74, 6) is -3.57. The van der Waals surface area contributed by atoms with Gasteiger partial charge < -0.3 is 15.2 Å². The van der Waals surface area contributed by atoms with E-state index < -0.39 is 35.7 Å². The largest absolute Gasteiger partial charge is 0.480 e. The quantitative estimate of drug-likeness (QED) is 0.578. The van der Waals surface area contributed by atoms with Crippen molar-refractivity contribution in [2.75, 3.05) is 6.61 Å². The summed E-state index contributed by atoms with van der Waals surface area (Å²) >= 11 is 0. The maximum absolute atomic E-state index is 13.7. The van der Waals surface area contributed by atoms with Gasteiger partial charge in [-0.1, -0.05) is 55.5 Å². The number of amides is 2. The Morgan fingerprint density at radius 3 is 2.00 bits per heavy atom. The van der Waals surface area contributed by atoms with E-state index in [-0.39, 0.29) is 18.9 Å². The van der Waals surface area contributed by atoms with Crippen LogP contribution in [0.4, 0.5) is 18.0 Å². The molecule has 7 nitrogen and oxygen atoms in total. The van der Waals surface area contributed by atoms with Crippen LogP contribution in [0.1, 0.15) is 37.3 Å². The van der Waals surface area contributed by atoms with Gasteiger partial charge in [0.1, 0.15) is 12.6 Å². The number of halogens is 3. The van der Waals surface area contributed by atoms with Gasteiger partial charge in [-0.15, -0.1) is 0 Å². The second-order valence-electron chi connectivity index (χ2n) is 7.85. The summed E-state index contributed by atoms with van der Waals surface area (Å²) in [6.07, 6.45) is -6.80. The first-order chi connectivity index (χ1) is 15.5. The number of aliphatic carboxylic acids is 1. The lowest BCUT2D eigenvalue weighted by Crippen LogP contribution is -2.66. The number of carboxylic acid groups (broad SMARTS) is 1. The Morgan fingerprint density at radius 1 is 1.03 bits per heavy atom. The van der Waals surface area contributed by atoms with Crippen molar-refractivity contribution in [3.63, 3.8) is 0 Å². The Hall–Kier alpha value is -3.56. The molecule has 0 radical (unpaired) electrons. The van der Waals surface area contributed by atoms with Gasteiger partial charge >= 0.3 is 18.2 Å². The van der Waals surface area contributed by atoms with Gasteiger partial charge in [0, 0.05) is 5.92 Å². The third-order valence-electron chi connectivity index (χ3n) is 5.73. The number of alkyl carbamates (subject to hydrolysis) is 1. The normalized spacial score (nSPS) is 15.5. The van der Waals surface area contributed by atoms with Crippen LogP contribution in [0.3, 0.4) is 0 Å². The number of carbonyl (C=O) groups is 3. The molecule has 0 saturated carbocycles. The van der Waals surface area contributed by atoms with E-state index in [9.17, 15) is 27.6 Å². The topological polar surface area (TPSA) is 105 Å². The average Bonchev–Trinajstić information content (AvgIpc) is 3.08. The number of benzene rings is 2. The molecule has 0 spiro atoms. The SMILES string of the molecule is CC[C@H](NC(=O)C(C)(NC(=O)OCC1c2ccccc2-c2ccccc21)C(F)(F)F)C(=O)O. The van der Waals surface area contributed by atoms with Crippen LogP contribution in [0.25, 0.3) is 11.1 Å². The van der Waals surface area contributed by atoms with Crippen LogP contribution in [0.15, 0.2) is 48.5 Å². The Bertz CT molecular complexity index is 1030. The van der Waals surface area contributed by atoms with Crippen molar-refractivity contribution in [2.24, 2.45) is 0 Å². The van der Waals surface area contributed by atoms with E-state index in [0.29, 0.717) is 6.92 Å². The lowest BCUT2D eigenvalue weighted by molar-refractivity contribution is -0.195. The smallest absolute Gasteiger partial charge is 0.420 e. The van der Waals surface area contributed by atoms with Gasteiger partial charge in [0.2, 0.25) is 5.54 Å². The molecule has 0 aliphatic heterocycles. The van der Waals surface area contributed by atoms with Crippen molar-refractivity contribution in [3.05, 3.63) is 59.7 Å². The molecule has 2 aromatic carbocycles. The van der Waals surface area contributed by atoms with Crippen molar-refractivity contribution in [2.45, 2.75) is 43.9 Å². The molecule has 176 valence electrons. The molecule has 10 heteroatoms. The standard InChI is InChI=1S/C23H23F3N2O5/c1-3-18(19(29)30)27-20(31)22(2,23(24,25)26)28-21(32)33-12-17-15-10-6-4-8-13(15)14-9-5-7-11-16(14)17/h4-11,17-18H,3,12H2,1-2H3,(H,27,31)(H,28,32)(H,29,30)/t18-,22?/m0/s1. The molecule has 3 N–H and O–H groups in total. The number of fused-ring (bicyclic) bond motifs is 3. The Morgan fingerprint density at radius 2 is 1.55 bits per heavy atom. The van der Waals surface area contributed by atoms with Gasteiger partial charge in [-0.3, -0.25) is 10.1 Å².